The van der Waals surface area contributed by atoms with Crippen LogP contribution in [0.5, 0.6) is 0 Å². The van der Waals surface area contributed by atoms with Crippen molar-refractivity contribution in [2.45, 2.75) is 6.43 Å². The number of nitrogens with one attached hydrogen (secondary N) is 1. The van der Waals surface area contributed by atoms with Crippen molar-refractivity contribution in [2.75, 3.05) is 6.54 Å². The fourth-order valence-electron chi connectivity index (χ4n) is 1.53. The van der Waals surface area contributed by atoms with E-state index in [4.69, 9.17) is 11.6 Å². The first-order valence-corrected chi connectivity index (χ1v) is 5.57. The number of carbonyl (C=O) groups excluding carboxylic acids is 1. The second-order valence-corrected chi connectivity index (χ2v) is 3.98. The molecule has 0 atom stereocenters. The van der Waals surface area contributed by atoms with Crippen molar-refractivity contribution in [3.63, 3.8) is 0 Å². The predicted molar refractivity (Wildman–Crippen MR) is 65.1 cm³/mol. The molecule has 0 aliphatic rings. The fraction of sp³-hybridized carbons (Fsp3) is 0.167. The highest BCUT2D eigenvalue weighted by Crippen LogP contribution is 2.22. The Hall–Kier alpha value is -1.75. The van der Waals surface area contributed by atoms with Gasteiger partial charge in [0.15, 0.2) is 0 Å². The maximum atomic E-state index is 12.0. The summed E-state index contributed by atoms with van der Waals surface area (Å²) in [5, 5.41) is 3.70. The minimum atomic E-state index is -2.59. The number of halogens is 3. The molecular weight excluding hydrogens is 262 g/mol. The molecule has 0 saturated carbocycles. The van der Waals surface area contributed by atoms with E-state index in [9.17, 15) is 13.6 Å². The summed E-state index contributed by atoms with van der Waals surface area (Å²) in [4.78, 5) is 15.5. The van der Waals surface area contributed by atoms with Crippen LogP contribution < -0.4 is 5.32 Å². The molecule has 0 fully saturated rings. The van der Waals surface area contributed by atoms with E-state index in [2.05, 4.69) is 10.3 Å². The molecule has 0 bridgehead atoms. The summed E-state index contributed by atoms with van der Waals surface area (Å²) in [6.07, 6.45) is -2.59. The van der Waals surface area contributed by atoms with Gasteiger partial charge in [0.1, 0.15) is 10.8 Å². The average Bonchev–Trinajstić information content (AvgIpc) is 2.36. The molecule has 1 aromatic carbocycles. The summed E-state index contributed by atoms with van der Waals surface area (Å²) in [7, 11) is 0. The van der Waals surface area contributed by atoms with Crippen molar-refractivity contribution < 1.29 is 13.6 Å². The first-order valence-electron chi connectivity index (χ1n) is 5.19. The molecule has 0 saturated heterocycles. The summed E-state index contributed by atoms with van der Waals surface area (Å²) in [6.45, 7) is -0.703. The Morgan fingerprint density at radius 3 is 2.83 bits per heavy atom. The van der Waals surface area contributed by atoms with Crippen LogP contribution in [0.1, 0.15) is 10.5 Å². The molecule has 2 rings (SSSR count). The van der Waals surface area contributed by atoms with E-state index in [0.29, 0.717) is 5.39 Å². The van der Waals surface area contributed by atoms with Gasteiger partial charge in [-0.1, -0.05) is 35.9 Å². The molecule has 0 spiro atoms. The lowest BCUT2D eigenvalue weighted by Gasteiger charge is -2.06. The molecule has 1 aromatic heterocycles. The predicted octanol–water partition coefficient (Wildman–Crippen LogP) is 2.88. The quantitative estimate of drug-likeness (QED) is 0.872. The van der Waals surface area contributed by atoms with E-state index in [1.54, 1.807) is 24.3 Å². The molecule has 0 radical (unpaired) electrons. The Morgan fingerprint density at radius 1 is 1.39 bits per heavy atom. The summed E-state index contributed by atoms with van der Waals surface area (Å²) in [6, 6.07) is 8.65. The van der Waals surface area contributed by atoms with Crippen LogP contribution in [0.3, 0.4) is 0 Å². The third-order valence-electron chi connectivity index (χ3n) is 2.34. The van der Waals surface area contributed by atoms with Crippen molar-refractivity contribution in [3.8, 4) is 0 Å². The number of hydrogen-bond acceptors (Lipinski definition) is 2. The molecule has 1 N–H and O–H groups in total. The van der Waals surface area contributed by atoms with Gasteiger partial charge in [0.2, 0.25) is 0 Å². The summed E-state index contributed by atoms with van der Waals surface area (Å²) < 4.78 is 24.0. The maximum Gasteiger partial charge on any atom is 0.270 e. The molecule has 0 unspecified atom stereocenters. The van der Waals surface area contributed by atoms with E-state index in [1.807, 2.05) is 0 Å². The molecule has 94 valence electrons. The van der Waals surface area contributed by atoms with Gasteiger partial charge in [0.05, 0.1) is 6.54 Å². The third-order valence-corrected chi connectivity index (χ3v) is 2.63. The van der Waals surface area contributed by atoms with Crippen molar-refractivity contribution in [2.24, 2.45) is 0 Å². The van der Waals surface area contributed by atoms with Crippen LogP contribution in [0.2, 0.25) is 5.15 Å². The van der Waals surface area contributed by atoms with Crippen LogP contribution in [-0.2, 0) is 0 Å². The molecule has 1 heterocycles. The second kappa shape index (κ2) is 5.27. The lowest BCUT2D eigenvalue weighted by Crippen LogP contribution is -2.29. The Kier molecular flexibility index (Phi) is 3.72. The number of pyridine rings is 1. The van der Waals surface area contributed by atoms with Gasteiger partial charge in [0.25, 0.3) is 12.3 Å². The topological polar surface area (TPSA) is 42.0 Å². The first kappa shape index (κ1) is 12.7. The molecule has 0 aliphatic heterocycles. The Labute approximate surface area is 107 Å². The first-order chi connectivity index (χ1) is 8.58. The lowest BCUT2D eigenvalue weighted by atomic mass is 10.1. The van der Waals surface area contributed by atoms with E-state index in [0.717, 1.165) is 5.39 Å². The van der Waals surface area contributed by atoms with Gasteiger partial charge in [0, 0.05) is 5.39 Å². The van der Waals surface area contributed by atoms with Crippen LogP contribution in [-0.4, -0.2) is 23.9 Å². The molecule has 2 aromatic rings. The minimum Gasteiger partial charge on any atom is -0.345 e. The van der Waals surface area contributed by atoms with E-state index < -0.39 is 18.9 Å². The van der Waals surface area contributed by atoms with Crippen LogP contribution in [0, 0.1) is 0 Å². The molecular formula is C12H9ClF2N2O. The Bertz CT molecular complexity index is 589. The zero-order valence-electron chi connectivity index (χ0n) is 9.16. The van der Waals surface area contributed by atoms with Gasteiger partial charge in [-0.05, 0) is 11.5 Å². The Morgan fingerprint density at radius 2 is 2.11 bits per heavy atom. The fourth-order valence-corrected chi connectivity index (χ4v) is 1.80. The maximum absolute atomic E-state index is 12.0. The zero-order chi connectivity index (χ0) is 13.1. The smallest absolute Gasteiger partial charge is 0.270 e. The van der Waals surface area contributed by atoms with Gasteiger partial charge in [-0.15, -0.1) is 0 Å². The minimum absolute atomic E-state index is 0.0272. The van der Waals surface area contributed by atoms with Gasteiger partial charge >= 0.3 is 0 Å². The average molecular weight is 271 g/mol. The van der Waals surface area contributed by atoms with Crippen LogP contribution in [0.4, 0.5) is 8.78 Å². The number of benzene rings is 1. The summed E-state index contributed by atoms with van der Waals surface area (Å²) in [5.74, 6) is -0.664. The van der Waals surface area contributed by atoms with Gasteiger partial charge in [-0.25, -0.2) is 13.8 Å². The van der Waals surface area contributed by atoms with E-state index in [1.165, 1.54) is 6.07 Å². The number of fused-ring (bicyclic) bond motifs is 1. The zero-order valence-corrected chi connectivity index (χ0v) is 9.92. The number of rotatable bonds is 3. The van der Waals surface area contributed by atoms with E-state index >= 15 is 0 Å². The Balaban J connectivity index is 2.31. The molecule has 3 nitrogen and oxygen atoms in total. The molecule has 0 aliphatic carbocycles. The molecule has 1 amide bonds. The number of amides is 1. The van der Waals surface area contributed by atoms with Crippen LogP contribution >= 0.6 is 11.6 Å². The van der Waals surface area contributed by atoms with Gasteiger partial charge in [-0.3, -0.25) is 4.79 Å². The van der Waals surface area contributed by atoms with Gasteiger partial charge in [-0.2, -0.15) is 0 Å². The van der Waals surface area contributed by atoms with Crippen molar-refractivity contribution in [1.29, 1.82) is 0 Å². The number of aromatic nitrogens is 1. The number of carbonyl (C=O) groups is 1. The van der Waals surface area contributed by atoms with Crippen LogP contribution in [0.15, 0.2) is 30.3 Å². The van der Waals surface area contributed by atoms with Gasteiger partial charge < -0.3 is 5.32 Å². The highest BCUT2D eigenvalue weighted by atomic mass is 35.5. The van der Waals surface area contributed by atoms with E-state index in [-0.39, 0.29) is 10.8 Å². The SMILES string of the molecule is O=C(NCC(F)F)c1cc2ccccc2c(Cl)n1. The number of nitrogens with zero attached hydrogens (tertiary/aromatic N) is 1. The standard InChI is InChI=1S/C12H9ClF2N2O/c13-11-8-4-2-1-3-7(8)5-9(17-11)12(18)16-6-10(14)15/h1-5,10H,6H2,(H,16,18). The highest BCUT2D eigenvalue weighted by molar-refractivity contribution is 6.34. The lowest BCUT2D eigenvalue weighted by molar-refractivity contribution is 0.0887. The van der Waals surface area contributed by atoms with Crippen molar-refractivity contribution >= 4 is 28.3 Å². The second-order valence-electron chi connectivity index (χ2n) is 3.62. The largest absolute Gasteiger partial charge is 0.345 e. The molecule has 6 heteroatoms. The normalized spacial score (nSPS) is 10.9. The van der Waals surface area contributed by atoms with Crippen molar-refractivity contribution in [1.82, 2.24) is 10.3 Å². The van der Waals surface area contributed by atoms with Crippen molar-refractivity contribution in [3.05, 3.63) is 41.2 Å². The number of hydrogen-bond donors (Lipinski definition) is 1. The summed E-state index contributed by atoms with van der Waals surface area (Å²) >= 11 is 5.93. The van der Waals surface area contributed by atoms with Crippen LogP contribution in [0.25, 0.3) is 10.8 Å². The monoisotopic (exact) mass is 270 g/mol. The third kappa shape index (κ3) is 2.73. The summed E-state index contributed by atoms with van der Waals surface area (Å²) in [5.41, 5.74) is 0.0272. The number of alkyl halides is 2. The molecule has 18 heavy (non-hydrogen) atoms. The highest BCUT2D eigenvalue weighted by Gasteiger charge is 2.12.